The third-order valence-electron chi connectivity index (χ3n) is 13.1. The lowest BCUT2D eigenvalue weighted by atomic mass is 10.1. The first-order chi connectivity index (χ1) is 49.0. The van der Waals surface area contributed by atoms with Crippen LogP contribution < -0.4 is 26.6 Å². The standard InChI is InChI=1S/C19H17ClN6O2.C17H17N7O2.C16H13ClN6O.C15H10Cl2N6O/c1-11-22-16(15-6-4-5-9-21-15)24-19(23-11)25-17(27)13-8-7-12(10-14(13)20)18(28)26(2)3;1-11-21-15(13-4-2-3-6-18-13)23-17(22-11)24-16(26)12-5-7-19-14(10-12)20-8-9-25;1-9-11(6-7-13(17)19-9)15(24)23-16-21-10(2)20-14(22-16)12-5-3-4-8-18-12;1-8-20-13(11-4-2-3-5-18-11)22-15(21-8)23-14(24)9-6-10(16)12(17)19-7-9/h4-10H,1-3H3,(H,22,23,24,25,27);2-7,10,25H,8-9H2,1H3,(H,19,20)(H,21,22,23,24,26);3-8H,1-2H3,(H,20,21,22,23,24);2-7H,1H3,(H,20,21,22,23,24). The lowest BCUT2D eigenvalue weighted by Gasteiger charge is -2.12. The molecular weight excluding hydrogens is 1390 g/mol. The zero-order chi connectivity index (χ0) is 72.8. The molecule has 0 atom stereocenters. The second-order valence-electron chi connectivity index (χ2n) is 21.0. The van der Waals surface area contributed by atoms with Crippen LogP contribution in [0.15, 0.2) is 159 Å². The number of aliphatic hydroxyl groups is 1. The van der Waals surface area contributed by atoms with Gasteiger partial charge < -0.3 is 15.3 Å². The molecule has 31 nitrogen and oxygen atoms in total. The molecule has 0 aliphatic heterocycles. The van der Waals surface area contributed by atoms with Crippen LogP contribution in [0.5, 0.6) is 0 Å². The van der Waals surface area contributed by atoms with E-state index in [1.807, 2.05) is 24.3 Å². The molecule has 11 heterocycles. The third kappa shape index (κ3) is 21.1. The summed E-state index contributed by atoms with van der Waals surface area (Å²) in [7, 11) is 3.28. The molecule has 5 amide bonds. The average Bonchev–Trinajstić information content (AvgIpc) is 0.838. The molecule has 0 radical (unpaired) electrons. The summed E-state index contributed by atoms with van der Waals surface area (Å²) >= 11 is 23.6. The number of rotatable bonds is 16. The van der Waals surface area contributed by atoms with Crippen molar-refractivity contribution in [2.24, 2.45) is 0 Å². The zero-order valence-electron chi connectivity index (χ0n) is 54.9. The van der Waals surface area contributed by atoms with Crippen LogP contribution in [0.25, 0.3) is 46.1 Å². The third-order valence-corrected chi connectivity index (χ3v) is 14.3. The molecule has 6 N–H and O–H groups in total. The van der Waals surface area contributed by atoms with E-state index in [0.29, 0.717) is 109 Å². The highest BCUT2D eigenvalue weighted by atomic mass is 35.5. The number of amides is 5. The SMILES string of the molecule is Cc1nc(NC(=O)c2ccc(C(=O)N(C)C)cc2Cl)nc(-c2ccccn2)n1.Cc1nc(NC(=O)c2ccc(Cl)nc2C)nc(-c2ccccn2)n1.Cc1nc(NC(=O)c2ccnc(NCCO)c2)nc(-c2ccccn2)n1.Cc1nc(NC(=O)c2cnc(Cl)c(Cl)c2)nc(-c2ccccn2)n1. The highest BCUT2D eigenvalue weighted by Crippen LogP contribution is 2.24. The van der Waals surface area contributed by atoms with Gasteiger partial charge in [0, 0.05) is 68.9 Å². The van der Waals surface area contributed by atoms with Gasteiger partial charge in [-0.1, -0.05) is 70.7 Å². The Morgan fingerprint density at radius 2 is 0.814 bits per heavy atom. The number of carbonyl (C=O) groups is 5. The van der Waals surface area contributed by atoms with E-state index >= 15 is 0 Å². The van der Waals surface area contributed by atoms with E-state index in [1.54, 1.807) is 152 Å². The lowest BCUT2D eigenvalue weighted by molar-refractivity contribution is 0.0826. The van der Waals surface area contributed by atoms with Crippen LogP contribution in [-0.2, 0) is 0 Å². The van der Waals surface area contributed by atoms with Crippen LogP contribution in [0, 0.1) is 34.6 Å². The maximum atomic E-state index is 12.6. The van der Waals surface area contributed by atoms with Crippen molar-refractivity contribution >= 4 is 106 Å². The van der Waals surface area contributed by atoms with E-state index in [-0.39, 0.29) is 74.4 Å². The van der Waals surface area contributed by atoms with Gasteiger partial charge in [-0.05, 0) is 132 Å². The van der Waals surface area contributed by atoms with Crippen LogP contribution in [0.4, 0.5) is 29.6 Å². The Balaban J connectivity index is 0.000000158. The number of carbonyl (C=O) groups excluding carboxylic acids is 5. The fourth-order valence-corrected chi connectivity index (χ4v) is 9.26. The van der Waals surface area contributed by atoms with E-state index in [0.717, 1.165) is 0 Å². The smallest absolute Gasteiger partial charge is 0.259 e. The first-order valence-electron chi connectivity index (χ1n) is 30.1. The Morgan fingerprint density at radius 3 is 1.21 bits per heavy atom. The minimum atomic E-state index is -0.494. The number of halogens is 4. The van der Waals surface area contributed by atoms with E-state index in [1.165, 1.54) is 35.5 Å². The number of nitrogens with zero attached hydrogens (tertiary/aromatic N) is 20. The minimum Gasteiger partial charge on any atom is -0.395 e. The quantitative estimate of drug-likeness (QED) is 0.0490. The van der Waals surface area contributed by atoms with Gasteiger partial charge in [0.1, 0.15) is 62.2 Å². The number of pyridine rings is 7. The topological polar surface area (TPSA) is 414 Å². The van der Waals surface area contributed by atoms with Crippen molar-refractivity contribution in [3.05, 3.63) is 236 Å². The number of benzene rings is 1. The number of aromatic nitrogens is 19. The molecule has 0 saturated heterocycles. The van der Waals surface area contributed by atoms with Gasteiger partial charge in [-0.2, -0.15) is 39.9 Å². The predicted octanol–water partition coefficient (Wildman–Crippen LogP) is 10.2. The van der Waals surface area contributed by atoms with Gasteiger partial charge >= 0.3 is 0 Å². The summed E-state index contributed by atoms with van der Waals surface area (Å²) in [5.74, 6) is 2.41. The molecule has 35 heteroatoms. The molecule has 11 aromatic heterocycles. The number of nitrogens with one attached hydrogen (secondary N) is 5. The fourth-order valence-electron chi connectivity index (χ4n) is 8.53. The van der Waals surface area contributed by atoms with Gasteiger partial charge in [-0.3, -0.25) is 65.2 Å². The van der Waals surface area contributed by atoms with Crippen molar-refractivity contribution in [1.82, 2.24) is 99.6 Å². The molecule has 0 unspecified atom stereocenters. The van der Waals surface area contributed by atoms with Gasteiger partial charge in [0.25, 0.3) is 29.5 Å². The van der Waals surface area contributed by atoms with E-state index in [2.05, 4.69) is 121 Å². The van der Waals surface area contributed by atoms with Crippen LogP contribution >= 0.6 is 46.4 Å². The van der Waals surface area contributed by atoms with Crippen LogP contribution in [-0.4, -0.2) is 161 Å². The molecule has 0 aliphatic carbocycles. The number of hydrogen-bond donors (Lipinski definition) is 6. The summed E-state index contributed by atoms with van der Waals surface area (Å²) < 4.78 is 0. The van der Waals surface area contributed by atoms with Crippen molar-refractivity contribution < 1.29 is 29.1 Å². The van der Waals surface area contributed by atoms with Crippen molar-refractivity contribution in [1.29, 1.82) is 0 Å². The molecule has 0 fully saturated rings. The van der Waals surface area contributed by atoms with Crippen LogP contribution in [0.1, 0.15) is 80.8 Å². The predicted molar refractivity (Wildman–Crippen MR) is 381 cm³/mol. The van der Waals surface area contributed by atoms with Gasteiger partial charge in [0.05, 0.1) is 39.0 Å². The van der Waals surface area contributed by atoms with E-state index in [4.69, 9.17) is 51.5 Å². The average molecular weight is 1450 g/mol. The molecule has 0 aliphatic rings. The lowest BCUT2D eigenvalue weighted by Crippen LogP contribution is -2.22. The van der Waals surface area contributed by atoms with Crippen molar-refractivity contribution in [2.45, 2.75) is 34.6 Å². The fraction of sp³-hybridized carbons (Fsp3) is 0.134. The molecule has 514 valence electrons. The number of anilines is 5. The Kier molecular flexibility index (Phi) is 25.6. The molecule has 0 spiro atoms. The minimum absolute atomic E-state index is 0.0292. The maximum Gasteiger partial charge on any atom is 0.259 e. The van der Waals surface area contributed by atoms with Gasteiger partial charge in [-0.15, -0.1) is 0 Å². The van der Waals surface area contributed by atoms with Crippen molar-refractivity contribution in [2.75, 3.05) is 53.8 Å². The molecular formula is C67H57Cl4N25O6. The summed E-state index contributed by atoms with van der Waals surface area (Å²) in [6, 6.07) is 33.8. The first kappa shape index (κ1) is 73.8. The summed E-state index contributed by atoms with van der Waals surface area (Å²) in [5, 5.41) is 23.1. The highest BCUT2D eigenvalue weighted by Gasteiger charge is 2.20. The maximum absolute atomic E-state index is 12.6. The highest BCUT2D eigenvalue weighted by molar-refractivity contribution is 6.41. The zero-order valence-corrected chi connectivity index (χ0v) is 57.9. The monoisotopic (exact) mass is 1450 g/mol. The van der Waals surface area contributed by atoms with Gasteiger partial charge in [-0.25, -0.2) is 34.9 Å². The van der Waals surface area contributed by atoms with Gasteiger partial charge in [0.15, 0.2) is 23.3 Å². The second kappa shape index (κ2) is 35.4. The first-order valence-corrected chi connectivity index (χ1v) is 31.6. The molecule has 102 heavy (non-hydrogen) atoms. The largest absolute Gasteiger partial charge is 0.395 e. The van der Waals surface area contributed by atoms with Crippen molar-refractivity contribution in [3.63, 3.8) is 0 Å². The molecule has 0 bridgehead atoms. The van der Waals surface area contributed by atoms with Gasteiger partial charge in [0.2, 0.25) is 23.8 Å². The van der Waals surface area contributed by atoms with Crippen LogP contribution in [0.2, 0.25) is 20.4 Å². The Labute approximate surface area is 601 Å². The molecule has 12 aromatic rings. The van der Waals surface area contributed by atoms with E-state index < -0.39 is 11.8 Å². The molecule has 1 aromatic carbocycles. The number of aryl methyl sites for hydroxylation is 5. The normalized spacial score (nSPS) is 10.4. The van der Waals surface area contributed by atoms with Crippen molar-refractivity contribution in [3.8, 4) is 46.1 Å². The summed E-state index contributed by atoms with van der Waals surface area (Å²) in [6.07, 6.45) is 9.38. The molecule has 0 saturated carbocycles. The summed E-state index contributed by atoms with van der Waals surface area (Å²) in [5.41, 5.74) is 4.47. The Morgan fingerprint density at radius 1 is 0.402 bits per heavy atom. The Bertz CT molecular complexity index is 4990. The number of aliphatic hydroxyl groups excluding tert-OH is 1. The summed E-state index contributed by atoms with van der Waals surface area (Å²) in [6.45, 7) is 8.85. The second-order valence-corrected chi connectivity index (χ2v) is 22.6. The van der Waals surface area contributed by atoms with Crippen LogP contribution in [0.3, 0.4) is 0 Å². The summed E-state index contributed by atoms with van der Waals surface area (Å²) in [4.78, 5) is 142. The number of hydrogen-bond acceptors (Lipinski definition) is 26. The van der Waals surface area contributed by atoms with E-state index in [9.17, 15) is 24.0 Å². The molecule has 12 rings (SSSR count). The Hall–Kier alpha value is -12.4.